The average molecular weight is 358 g/mol. The number of nitrogens with zero attached hydrogens (tertiary/aromatic N) is 2. The lowest BCUT2D eigenvalue weighted by molar-refractivity contribution is -0.382. The summed E-state index contributed by atoms with van der Waals surface area (Å²) in [5, 5.41) is 12.6. The van der Waals surface area contributed by atoms with Crippen LogP contribution >= 0.6 is 23.1 Å². The SMILES string of the molecule is CCOC(=O)[C@@H]1CCCN(C(=O)CSc2ccsc2[N+](=O)[O-])C1. The van der Waals surface area contributed by atoms with E-state index in [2.05, 4.69) is 0 Å². The number of hydrogen-bond acceptors (Lipinski definition) is 7. The largest absolute Gasteiger partial charge is 0.466 e. The first-order valence-electron chi connectivity index (χ1n) is 7.32. The van der Waals surface area contributed by atoms with Gasteiger partial charge in [-0.1, -0.05) is 11.3 Å². The van der Waals surface area contributed by atoms with Crippen LogP contribution in [0.1, 0.15) is 19.8 Å². The third-order valence-electron chi connectivity index (χ3n) is 3.52. The Kier molecular flexibility index (Phi) is 6.40. The van der Waals surface area contributed by atoms with Gasteiger partial charge in [-0.25, -0.2) is 0 Å². The maximum absolute atomic E-state index is 12.3. The number of carbonyl (C=O) groups excluding carboxylic acids is 2. The minimum absolute atomic E-state index is 0.0610. The van der Waals surface area contributed by atoms with Crippen molar-refractivity contribution in [3.63, 3.8) is 0 Å². The predicted octanol–water partition coefficient (Wildman–Crippen LogP) is 2.55. The number of thioether (sulfide) groups is 1. The van der Waals surface area contributed by atoms with Crippen molar-refractivity contribution >= 4 is 40.0 Å². The normalized spacial score (nSPS) is 17.8. The van der Waals surface area contributed by atoms with Gasteiger partial charge in [0, 0.05) is 13.1 Å². The van der Waals surface area contributed by atoms with E-state index in [-0.39, 0.29) is 28.5 Å². The lowest BCUT2D eigenvalue weighted by atomic mass is 9.98. The highest BCUT2D eigenvalue weighted by atomic mass is 32.2. The van der Waals surface area contributed by atoms with Gasteiger partial charge < -0.3 is 9.64 Å². The molecule has 9 heteroatoms. The highest BCUT2D eigenvalue weighted by Gasteiger charge is 2.29. The molecular weight excluding hydrogens is 340 g/mol. The Bertz CT molecular complexity index is 589. The van der Waals surface area contributed by atoms with Crippen molar-refractivity contribution in [1.82, 2.24) is 4.90 Å². The summed E-state index contributed by atoms with van der Waals surface area (Å²) in [5.74, 6) is -0.503. The Morgan fingerprint density at radius 3 is 3.04 bits per heavy atom. The number of likely N-dealkylation sites (tertiary alicyclic amines) is 1. The van der Waals surface area contributed by atoms with E-state index in [1.807, 2.05) is 0 Å². The summed E-state index contributed by atoms with van der Waals surface area (Å²) >= 11 is 2.21. The highest BCUT2D eigenvalue weighted by molar-refractivity contribution is 8.00. The number of thiophene rings is 1. The van der Waals surface area contributed by atoms with Crippen molar-refractivity contribution in [2.24, 2.45) is 5.92 Å². The van der Waals surface area contributed by atoms with E-state index in [1.165, 1.54) is 11.8 Å². The molecule has 1 aromatic rings. The Morgan fingerprint density at radius 1 is 1.57 bits per heavy atom. The molecule has 1 aliphatic rings. The molecule has 0 aliphatic carbocycles. The summed E-state index contributed by atoms with van der Waals surface area (Å²) in [5.41, 5.74) is 0. The third-order valence-corrected chi connectivity index (χ3v) is 5.55. The van der Waals surface area contributed by atoms with Gasteiger partial charge in [0.15, 0.2) is 0 Å². The third kappa shape index (κ3) is 4.68. The summed E-state index contributed by atoms with van der Waals surface area (Å²) in [6, 6.07) is 1.65. The maximum Gasteiger partial charge on any atom is 0.337 e. The van der Waals surface area contributed by atoms with E-state index in [0.717, 1.165) is 24.2 Å². The maximum atomic E-state index is 12.3. The Balaban J connectivity index is 1.89. The molecule has 0 radical (unpaired) electrons. The fraction of sp³-hybridized carbons (Fsp3) is 0.571. The van der Waals surface area contributed by atoms with Gasteiger partial charge in [0.25, 0.3) is 0 Å². The molecule has 1 saturated heterocycles. The second kappa shape index (κ2) is 8.30. The van der Waals surface area contributed by atoms with Gasteiger partial charge in [-0.3, -0.25) is 19.7 Å². The van der Waals surface area contributed by atoms with Gasteiger partial charge in [-0.2, -0.15) is 0 Å². The quantitative estimate of drug-likeness (QED) is 0.336. The van der Waals surface area contributed by atoms with Crippen LogP contribution in [-0.2, 0) is 14.3 Å². The zero-order chi connectivity index (χ0) is 16.8. The van der Waals surface area contributed by atoms with Gasteiger partial charge in [-0.05, 0) is 31.2 Å². The fourth-order valence-corrected chi connectivity index (χ4v) is 4.25. The topological polar surface area (TPSA) is 89.8 Å². The molecule has 0 bridgehead atoms. The lowest BCUT2D eigenvalue weighted by Gasteiger charge is -2.31. The van der Waals surface area contributed by atoms with Crippen molar-refractivity contribution in [3.05, 3.63) is 21.6 Å². The number of nitro groups is 1. The lowest BCUT2D eigenvalue weighted by Crippen LogP contribution is -2.43. The number of ether oxygens (including phenoxy) is 1. The predicted molar refractivity (Wildman–Crippen MR) is 87.6 cm³/mol. The molecule has 2 heterocycles. The smallest absolute Gasteiger partial charge is 0.337 e. The average Bonchev–Trinajstić information content (AvgIpc) is 3.01. The van der Waals surface area contributed by atoms with Crippen LogP contribution in [0.4, 0.5) is 5.00 Å². The second-order valence-corrected chi connectivity index (χ2v) is 6.98. The van der Waals surface area contributed by atoms with Crippen LogP contribution in [0.25, 0.3) is 0 Å². The highest BCUT2D eigenvalue weighted by Crippen LogP contribution is 2.34. The first-order chi connectivity index (χ1) is 11.0. The van der Waals surface area contributed by atoms with Crippen LogP contribution in [-0.4, -0.2) is 47.1 Å². The van der Waals surface area contributed by atoms with Gasteiger partial charge in [0.2, 0.25) is 5.91 Å². The molecule has 0 N–H and O–H groups in total. The summed E-state index contributed by atoms with van der Waals surface area (Å²) < 4.78 is 5.01. The van der Waals surface area contributed by atoms with Crippen molar-refractivity contribution in [1.29, 1.82) is 0 Å². The molecule has 1 aromatic heterocycles. The van der Waals surface area contributed by atoms with Crippen LogP contribution < -0.4 is 0 Å². The Hall–Kier alpha value is -1.61. The molecule has 0 aromatic carbocycles. The van der Waals surface area contributed by atoms with Gasteiger partial charge in [-0.15, -0.1) is 11.8 Å². The van der Waals surface area contributed by atoms with Crippen LogP contribution in [0.15, 0.2) is 16.3 Å². The number of esters is 1. The second-order valence-electron chi connectivity index (χ2n) is 5.07. The van der Waals surface area contributed by atoms with E-state index in [0.29, 0.717) is 24.6 Å². The summed E-state index contributed by atoms with van der Waals surface area (Å²) in [7, 11) is 0. The minimum Gasteiger partial charge on any atom is -0.466 e. The van der Waals surface area contributed by atoms with E-state index >= 15 is 0 Å². The van der Waals surface area contributed by atoms with E-state index in [1.54, 1.807) is 23.3 Å². The molecular formula is C14H18N2O5S2. The molecule has 126 valence electrons. The molecule has 0 spiro atoms. The first-order valence-corrected chi connectivity index (χ1v) is 9.18. The van der Waals surface area contributed by atoms with Crippen LogP contribution in [0.2, 0.25) is 0 Å². The summed E-state index contributed by atoms with van der Waals surface area (Å²) in [4.78, 5) is 36.7. The zero-order valence-electron chi connectivity index (χ0n) is 12.7. The summed E-state index contributed by atoms with van der Waals surface area (Å²) in [6.07, 6.45) is 1.49. The molecule has 7 nitrogen and oxygen atoms in total. The van der Waals surface area contributed by atoms with Gasteiger partial charge >= 0.3 is 11.0 Å². The first kappa shape index (κ1) is 17.7. The van der Waals surface area contributed by atoms with Crippen molar-refractivity contribution in [3.8, 4) is 0 Å². The number of amides is 1. The minimum atomic E-state index is -0.435. The van der Waals surface area contributed by atoms with E-state index < -0.39 is 4.92 Å². The summed E-state index contributed by atoms with van der Waals surface area (Å²) in [6.45, 7) is 3.07. The van der Waals surface area contributed by atoms with Crippen molar-refractivity contribution < 1.29 is 19.2 Å². The van der Waals surface area contributed by atoms with Crippen LogP contribution in [0.5, 0.6) is 0 Å². The fourth-order valence-electron chi connectivity index (χ4n) is 2.42. The van der Waals surface area contributed by atoms with E-state index in [9.17, 15) is 19.7 Å². The number of piperidine rings is 1. The molecule has 2 rings (SSSR count). The van der Waals surface area contributed by atoms with Crippen LogP contribution in [0.3, 0.4) is 0 Å². The van der Waals surface area contributed by atoms with E-state index in [4.69, 9.17) is 4.74 Å². The zero-order valence-corrected chi connectivity index (χ0v) is 14.4. The van der Waals surface area contributed by atoms with Crippen molar-refractivity contribution in [2.75, 3.05) is 25.4 Å². The van der Waals surface area contributed by atoms with Crippen molar-refractivity contribution in [2.45, 2.75) is 24.7 Å². The number of rotatable bonds is 6. The molecule has 23 heavy (non-hydrogen) atoms. The standard InChI is InChI=1S/C14H18N2O5S2/c1-2-21-14(18)10-4-3-6-15(8-10)12(17)9-23-11-5-7-22-13(11)16(19)20/h5,7,10H,2-4,6,8-9H2,1H3/t10-/m1/s1. The van der Waals surface area contributed by atoms with Crippen LogP contribution in [0, 0.1) is 16.0 Å². The molecule has 1 fully saturated rings. The Morgan fingerprint density at radius 2 is 2.35 bits per heavy atom. The molecule has 0 saturated carbocycles. The Labute approximate surface area is 142 Å². The molecule has 1 amide bonds. The molecule has 1 aliphatic heterocycles. The van der Waals surface area contributed by atoms with Gasteiger partial charge in [0.1, 0.15) is 0 Å². The van der Waals surface area contributed by atoms with Gasteiger partial charge in [0.05, 0.1) is 28.1 Å². The monoisotopic (exact) mass is 358 g/mol. The molecule has 0 unspecified atom stereocenters. The number of hydrogen-bond donors (Lipinski definition) is 0. The number of carbonyl (C=O) groups is 2. The molecule has 1 atom stereocenters.